The van der Waals surface area contributed by atoms with E-state index in [1.165, 1.54) is 0 Å². The number of ether oxygens (including phenoxy) is 1. The van der Waals surface area contributed by atoms with E-state index in [1.807, 2.05) is 6.92 Å². The molecule has 1 rings (SSSR count). The summed E-state index contributed by atoms with van der Waals surface area (Å²) in [6, 6.07) is 3.43. The topological polar surface area (TPSA) is 9.23 Å². The van der Waals surface area contributed by atoms with Crippen molar-refractivity contribution in [3.8, 4) is 5.75 Å². The molecule has 0 aliphatic heterocycles. The molecule has 0 saturated heterocycles. The van der Waals surface area contributed by atoms with Crippen molar-refractivity contribution in [1.82, 2.24) is 0 Å². The molecular weight excluding hydrogens is 250 g/mol. The molecule has 0 aromatic heterocycles. The molecule has 0 spiro atoms. The second-order valence-electron chi connectivity index (χ2n) is 3.52. The highest BCUT2D eigenvalue weighted by molar-refractivity contribution is 6.35. The number of hydrogen-bond donors (Lipinski definition) is 0. The molecule has 0 saturated carbocycles. The van der Waals surface area contributed by atoms with E-state index in [4.69, 9.17) is 27.9 Å². The van der Waals surface area contributed by atoms with Crippen LogP contribution in [0.25, 0.3) is 0 Å². The van der Waals surface area contributed by atoms with Crippen LogP contribution in [0.4, 0.5) is 4.39 Å². The Morgan fingerprint density at radius 3 is 2.69 bits per heavy atom. The van der Waals surface area contributed by atoms with Gasteiger partial charge in [-0.3, -0.25) is 4.39 Å². The number of halogens is 3. The van der Waals surface area contributed by atoms with Crippen LogP contribution in [-0.2, 0) is 6.42 Å². The monoisotopic (exact) mass is 264 g/mol. The molecule has 0 radical (unpaired) electrons. The lowest BCUT2D eigenvalue weighted by Crippen LogP contribution is -2.00. The van der Waals surface area contributed by atoms with Gasteiger partial charge in [0.15, 0.2) is 0 Å². The van der Waals surface area contributed by atoms with Gasteiger partial charge < -0.3 is 4.74 Å². The van der Waals surface area contributed by atoms with Crippen LogP contribution >= 0.6 is 23.2 Å². The van der Waals surface area contributed by atoms with E-state index in [2.05, 4.69) is 0 Å². The summed E-state index contributed by atoms with van der Waals surface area (Å²) in [5.74, 6) is 0.640. The maximum Gasteiger partial charge on any atom is 0.141 e. The van der Waals surface area contributed by atoms with Crippen LogP contribution in [-0.4, -0.2) is 13.3 Å². The third kappa shape index (κ3) is 3.84. The van der Waals surface area contributed by atoms with E-state index < -0.39 is 0 Å². The lowest BCUT2D eigenvalue weighted by atomic mass is 10.1. The minimum Gasteiger partial charge on any atom is -0.492 e. The van der Waals surface area contributed by atoms with E-state index in [9.17, 15) is 4.39 Å². The first kappa shape index (κ1) is 13.6. The van der Waals surface area contributed by atoms with Crippen molar-refractivity contribution < 1.29 is 9.13 Å². The normalized spacial score (nSPS) is 10.5. The second kappa shape index (κ2) is 6.97. The summed E-state index contributed by atoms with van der Waals surface area (Å²) in [7, 11) is 0. The number of aryl methyl sites for hydroxylation is 1. The average molecular weight is 265 g/mol. The fraction of sp³-hybridized carbons (Fsp3) is 0.500. The van der Waals surface area contributed by atoms with Crippen molar-refractivity contribution in [3.05, 3.63) is 27.7 Å². The van der Waals surface area contributed by atoms with Gasteiger partial charge in [0, 0.05) is 5.02 Å². The van der Waals surface area contributed by atoms with Crippen LogP contribution < -0.4 is 4.74 Å². The molecular formula is C12H15Cl2FO. The third-order valence-corrected chi connectivity index (χ3v) is 2.61. The first-order valence-electron chi connectivity index (χ1n) is 5.35. The third-order valence-electron chi connectivity index (χ3n) is 2.12. The van der Waals surface area contributed by atoms with Crippen LogP contribution in [0.5, 0.6) is 5.75 Å². The van der Waals surface area contributed by atoms with Gasteiger partial charge in [-0.2, -0.15) is 0 Å². The molecule has 0 atom stereocenters. The van der Waals surface area contributed by atoms with Gasteiger partial charge in [0.1, 0.15) is 5.75 Å². The van der Waals surface area contributed by atoms with E-state index in [0.29, 0.717) is 35.2 Å². The molecule has 0 aliphatic rings. The summed E-state index contributed by atoms with van der Waals surface area (Å²) >= 11 is 11.9. The zero-order chi connectivity index (χ0) is 12.0. The first-order valence-corrected chi connectivity index (χ1v) is 6.11. The molecule has 1 nitrogen and oxygen atoms in total. The van der Waals surface area contributed by atoms with Gasteiger partial charge >= 0.3 is 0 Å². The second-order valence-corrected chi connectivity index (χ2v) is 4.36. The molecule has 1 aromatic carbocycles. The Morgan fingerprint density at radius 2 is 2.06 bits per heavy atom. The summed E-state index contributed by atoms with van der Waals surface area (Å²) in [5, 5.41) is 1.05. The summed E-state index contributed by atoms with van der Waals surface area (Å²) in [6.45, 7) is 2.27. The lowest BCUT2D eigenvalue weighted by Gasteiger charge is -2.12. The average Bonchev–Trinajstić information content (AvgIpc) is 2.24. The minimum absolute atomic E-state index is 0.350. The van der Waals surface area contributed by atoms with Crippen molar-refractivity contribution >= 4 is 23.2 Å². The number of alkyl halides is 1. The van der Waals surface area contributed by atoms with E-state index in [-0.39, 0.29) is 6.67 Å². The Balaban J connectivity index is 2.91. The zero-order valence-corrected chi connectivity index (χ0v) is 10.7. The zero-order valence-electron chi connectivity index (χ0n) is 9.23. The summed E-state index contributed by atoms with van der Waals surface area (Å²) in [4.78, 5) is 0. The molecule has 0 fully saturated rings. The van der Waals surface area contributed by atoms with Crippen molar-refractivity contribution in [1.29, 1.82) is 0 Å². The fourth-order valence-corrected chi connectivity index (χ4v) is 2.01. The molecule has 0 aliphatic carbocycles. The van der Waals surface area contributed by atoms with Gasteiger partial charge in [0.2, 0.25) is 0 Å². The maximum absolute atomic E-state index is 12.2. The molecule has 90 valence electrons. The summed E-state index contributed by atoms with van der Waals surface area (Å²) in [6.07, 6.45) is 1.95. The van der Waals surface area contributed by atoms with Crippen LogP contribution in [0.3, 0.4) is 0 Å². The standard InChI is InChI=1S/C12H15Cl2FO/c1-2-6-16-12-9(4-3-5-15)7-10(13)8-11(12)14/h7-8H,2-6H2,1H3. The molecule has 0 N–H and O–H groups in total. The molecule has 0 amide bonds. The largest absolute Gasteiger partial charge is 0.492 e. The smallest absolute Gasteiger partial charge is 0.141 e. The Kier molecular flexibility index (Phi) is 5.93. The van der Waals surface area contributed by atoms with Gasteiger partial charge in [-0.25, -0.2) is 0 Å². The van der Waals surface area contributed by atoms with Crippen LogP contribution in [0.2, 0.25) is 10.0 Å². The molecule has 4 heteroatoms. The Labute approximate surface area is 106 Å². The Hall–Kier alpha value is -0.470. The van der Waals surface area contributed by atoms with Gasteiger partial charge in [-0.15, -0.1) is 0 Å². The summed E-state index contributed by atoms with van der Waals surface area (Å²) in [5.41, 5.74) is 0.878. The first-order chi connectivity index (χ1) is 7.69. The minimum atomic E-state index is -0.350. The van der Waals surface area contributed by atoms with Gasteiger partial charge in [-0.1, -0.05) is 30.1 Å². The van der Waals surface area contributed by atoms with Crippen LogP contribution in [0.15, 0.2) is 12.1 Å². The highest BCUT2D eigenvalue weighted by atomic mass is 35.5. The molecule has 0 heterocycles. The van der Waals surface area contributed by atoms with Crippen molar-refractivity contribution in [2.24, 2.45) is 0 Å². The summed E-state index contributed by atoms with van der Waals surface area (Å²) < 4.78 is 17.7. The van der Waals surface area contributed by atoms with Crippen molar-refractivity contribution in [3.63, 3.8) is 0 Å². The molecule has 1 aromatic rings. The van der Waals surface area contributed by atoms with Gasteiger partial charge in [0.25, 0.3) is 0 Å². The highest BCUT2D eigenvalue weighted by Crippen LogP contribution is 2.33. The van der Waals surface area contributed by atoms with Crippen LogP contribution in [0.1, 0.15) is 25.3 Å². The van der Waals surface area contributed by atoms with E-state index in [0.717, 1.165) is 12.0 Å². The molecule has 0 unspecified atom stereocenters. The number of hydrogen-bond acceptors (Lipinski definition) is 1. The van der Waals surface area contributed by atoms with Gasteiger partial charge in [-0.05, 0) is 37.0 Å². The predicted octanol–water partition coefficient (Wildman–Crippen LogP) is 4.68. The van der Waals surface area contributed by atoms with Crippen molar-refractivity contribution in [2.45, 2.75) is 26.2 Å². The maximum atomic E-state index is 12.2. The predicted molar refractivity (Wildman–Crippen MR) is 66.5 cm³/mol. The quantitative estimate of drug-likeness (QED) is 0.725. The SMILES string of the molecule is CCCOc1c(Cl)cc(Cl)cc1CCCF. The molecule has 0 bridgehead atoms. The number of benzene rings is 1. The Morgan fingerprint density at radius 1 is 1.31 bits per heavy atom. The van der Waals surface area contributed by atoms with E-state index >= 15 is 0 Å². The van der Waals surface area contributed by atoms with E-state index in [1.54, 1.807) is 12.1 Å². The number of rotatable bonds is 6. The van der Waals surface area contributed by atoms with Crippen molar-refractivity contribution in [2.75, 3.05) is 13.3 Å². The fourth-order valence-electron chi connectivity index (χ4n) is 1.42. The Bertz CT molecular complexity index is 342. The lowest BCUT2D eigenvalue weighted by molar-refractivity contribution is 0.313. The van der Waals surface area contributed by atoms with Gasteiger partial charge in [0.05, 0.1) is 18.3 Å². The molecule has 16 heavy (non-hydrogen) atoms. The van der Waals surface area contributed by atoms with Crippen LogP contribution in [0, 0.1) is 0 Å². The highest BCUT2D eigenvalue weighted by Gasteiger charge is 2.10.